The van der Waals surface area contributed by atoms with Crippen LogP contribution in [0.2, 0.25) is 0 Å². The predicted molar refractivity (Wildman–Crippen MR) is 81.7 cm³/mol. The third-order valence-corrected chi connectivity index (χ3v) is 5.56. The van der Waals surface area contributed by atoms with Crippen molar-refractivity contribution in [2.45, 2.75) is 38.3 Å². The fourth-order valence-electron chi connectivity index (χ4n) is 4.36. The molecule has 0 unspecified atom stereocenters. The average molecular weight is 319 g/mol. The molecule has 23 heavy (non-hydrogen) atoms. The second kappa shape index (κ2) is 5.06. The van der Waals surface area contributed by atoms with E-state index in [-0.39, 0.29) is 23.6 Å². The molecule has 0 radical (unpaired) electrons. The zero-order valence-corrected chi connectivity index (χ0v) is 13.1. The second-order valence-electron chi connectivity index (χ2n) is 6.93. The van der Waals surface area contributed by atoms with Gasteiger partial charge >= 0.3 is 5.97 Å². The van der Waals surface area contributed by atoms with Crippen LogP contribution >= 0.6 is 0 Å². The van der Waals surface area contributed by atoms with Gasteiger partial charge in [0.2, 0.25) is 5.91 Å². The van der Waals surface area contributed by atoms with Crippen molar-refractivity contribution in [3.05, 3.63) is 11.3 Å². The molecule has 1 amide bonds. The number of likely N-dealkylation sites (tertiary alicyclic amines) is 1. The van der Waals surface area contributed by atoms with Crippen LogP contribution in [0.1, 0.15) is 26.2 Å². The van der Waals surface area contributed by atoms with Gasteiger partial charge in [0.05, 0.1) is 23.9 Å². The summed E-state index contributed by atoms with van der Waals surface area (Å²) >= 11 is 0. The third-order valence-electron chi connectivity index (χ3n) is 5.56. The van der Waals surface area contributed by atoms with Gasteiger partial charge in [-0.2, -0.15) is 0 Å². The van der Waals surface area contributed by atoms with Gasteiger partial charge in [0.25, 0.3) is 0 Å². The number of nitrogens with zero attached hydrogens (tertiary/aromatic N) is 3. The summed E-state index contributed by atoms with van der Waals surface area (Å²) in [5, 5.41) is 19.3. The molecule has 4 heterocycles. The van der Waals surface area contributed by atoms with E-state index in [1.165, 1.54) is 4.90 Å². The summed E-state index contributed by atoms with van der Waals surface area (Å²) in [5.74, 6) is -0.432. The maximum atomic E-state index is 12.2. The summed E-state index contributed by atoms with van der Waals surface area (Å²) in [5.41, 5.74) is 1.03. The van der Waals surface area contributed by atoms with Gasteiger partial charge in [-0.3, -0.25) is 9.79 Å². The number of hydrogen-bond donors (Lipinski definition) is 2. The minimum atomic E-state index is -1.03. The summed E-state index contributed by atoms with van der Waals surface area (Å²) < 4.78 is 0. The number of aliphatic hydroxyl groups is 1. The molecule has 124 valence electrons. The number of β-lactam (4-membered cyclic amide) rings is 1. The minimum Gasteiger partial charge on any atom is -0.477 e. The number of rotatable bonds is 3. The Bertz CT molecular complexity index is 633. The predicted octanol–water partition coefficient (Wildman–Crippen LogP) is 0.0607. The van der Waals surface area contributed by atoms with Crippen molar-refractivity contribution in [3.8, 4) is 0 Å². The number of carboxylic acid groups (broad SMARTS) is 1. The number of amidine groups is 1. The van der Waals surface area contributed by atoms with Crippen LogP contribution in [0.3, 0.4) is 0 Å². The van der Waals surface area contributed by atoms with Crippen LogP contribution in [0.4, 0.5) is 0 Å². The number of fused-ring (bicyclic) bond motifs is 1. The molecule has 4 aliphatic rings. The largest absolute Gasteiger partial charge is 0.477 e. The monoisotopic (exact) mass is 319 g/mol. The molecule has 7 heteroatoms. The molecule has 7 nitrogen and oxygen atoms in total. The van der Waals surface area contributed by atoms with Crippen molar-refractivity contribution in [1.29, 1.82) is 0 Å². The Hall–Kier alpha value is -1.89. The summed E-state index contributed by atoms with van der Waals surface area (Å²) in [6.07, 6.45) is 1.95. The van der Waals surface area contributed by atoms with Crippen LogP contribution in [-0.4, -0.2) is 69.5 Å². The molecule has 4 rings (SSSR count). The Morgan fingerprint density at radius 3 is 2.70 bits per heavy atom. The molecule has 0 spiro atoms. The maximum absolute atomic E-state index is 12.2. The van der Waals surface area contributed by atoms with E-state index in [0.717, 1.165) is 43.9 Å². The van der Waals surface area contributed by atoms with E-state index in [2.05, 4.69) is 9.89 Å². The first-order valence-electron chi connectivity index (χ1n) is 8.24. The quantitative estimate of drug-likeness (QED) is 0.718. The van der Waals surface area contributed by atoms with Gasteiger partial charge in [0, 0.05) is 32.0 Å². The smallest absolute Gasteiger partial charge is 0.352 e. The molecule has 2 saturated heterocycles. The lowest BCUT2D eigenvalue weighted by Gasteiger charge is -2.44. The molecule has 4 aliphatic heterocycles. The molecule has 0 bridgehead atoms. The van der Waals surface area contributed by atoms with Crippen LogP contribution in [-0.2, 0) is 9.59 Å². The Kier molecular flexibility index (Phi) is 3.23. The number of aliphatic imine (C=N–C) groups is 1. The second-order valence-corrected chi connectivity index (χ2v) is 6.93. The first-order valence-corrected chi connectivity index (χ1v) is 8.24. The topological polar surface area (TPSA) is 93.4 Å². The van der Waals surface area contributed by atoms with Crippen molar-refractivity contribution in [3.63, 3.8) is 0 Å². The molecule has 0 saturated carbocycles. The molecular weight excluding hydrogens is 298 g/mol. The van der Waals surface area contributed by atoms with E-state index in [4.69, 9.17) is 0 Å². The lowest BCUT2D eigenvalue weighted by atomic mass is 9.81. The van der Waals surface area contributed by atoms with Crippen LogP contribution in [0.5, 0.6) is 0 Å². The lowest BCUT2D eigenvalue weighted by Crippen LogP contribution is -2.61. The Labute approximate surface area is 134 Å². The van der Waals surface area contributed by atoms with Crippen LogP contribution < -0.4 is 0 Å². The van der Waals surface area contributed by atoms with E-state index >= 15 is 0 Å². The molecule has 0 aromatic heterocycles. The number of carbonyl (C=O) groups excluding carboxylic acids is 1. The van der Waals surface area contributed by atoms with Crippen molar-refractivity contribution in [2.24, 2.45) is 16.8 Å². The van der Waals surface area contributed by atoms with E-state index in [1.807, 2.05) is 0 Å². The van der Waals surface area contributed by atoms with Crippen molar-refractivity contribution in [1.82, 2.24) is 9.80 Å². The highest BCUT2D eigenvalue weighted by Crippen LogP contribution is 2.47. The zero-order valence-electron chi connectivity index (χ0n) is 13.1. The Morgan fingerprint density at radius 2 is 2.13 bits per heavy atom. The fourth-order valence-corrected chi connectivity index (χ4v) is 4.36. The van der Waals surface area contributed by atoms with Gasteiger partial charge in [-0.05, 0) is 25.3 Å². The molecule has 3 atom stereocenters. The number of amides is 1. The molecule has 0 aromatic carbocycles. The van der Waals surface area contributed by atoms with Crippen molar-refractivity contribution >= 4 is 17.7 Å². The Morgan fingerprint density at radius 1 is 1.39 bits per heavy atom. The van der Waals surface area contributed by atoms with Gasteiger partial charge in [-0.25, -0.2) is 4.79 Å². The number of aliphatic hydroxyl groups excluding tert-OH is 1. The van der Waals surface area contributed by atoms with Gasteiger partial charge in [-0.15, -0.1) is 0 Å². The van der Waals surface area contributed by atoms with Gasteiger partial charge in [0.15, 0.2) is 0 Å². The molecular formula is C16H21N3O4. The van der Waals surface area contributed by atoms with Crippen molar-refractivity contribution < 1.29 is 19.8 Å². The highest BCUT2D eigenvalue weighted by atomic mass is 16.4. The molecule has 0 aliphatic carbocycles. The Balaban J connectivity index is 1.52. The fraction of sp³-hybridized carbons (Fsp3) is 0.688. The van der Waals surface area contributed by atoms with E-state index in [1.54, 1.807) is 6.92 Å². The highest BCUT2D eigenvalue weighted by molar-refractivity contribution is 6.00. The highest BCUT2D eigenvalue weighted by Gasteiger charge is 2.58. The third kappa shape index (κ3) is 2.02. The van der Waals surface area contributed by atoms with Gasteiger partial charge in [0.1, 0.15) is 5.70 Å². The van der Waals surface area contributed by atoms with E-state index in [9.17, 15) is 19.8 Å². The van der Waals surface area contributed by atoms with E-state index < -0.39 is 18.0 Å². The molecule has 0 aromatic rings. The van der Waals surface area contributed by atoms with Crippen LogP contribution in [0, 0.1) is 11.8 Å². The first-order chi connectivity index (χ1) is 11.0. The van der Waals surface area contributed by atoms with E-state index in [0.29, 0.717) is 6.42 Å². The number of carboxylic acids is 1. The van der Waals surface area contributed by atoms with Crippen LogP contribution in [0.25, 0.3) is 0 Å². The molecule has 2 fully saturated rings. The zero-order chi connectivity index (χ0) is 16.3. The maximum Gasteiger partial charge on any atom is 0.352 e. The van der Waals surface area contributed by atoms with Gasteiger partial charge in [-0.1, -0.05) is 0 Å². The first kappa shape index (κ1) is 14.7. The molecule has 2 N–H and O–H groups in total. The summed E-state index contributed by atoms with van der Waals surface area (Å²) in [6.45, 7) is 4.07. The average Bonchev–Trinajstić information content (AvgIpc) is 3.03. The van der Waals surface area contributed by atoms with Crippen LogP contribution in [0.15, 0.2) is 16.3 Å². The summed E-state index contributed by atoms with van der Waals surface area (Å²) in [7, 11) is 0. The standard InChI is InChI=1S/C16H21N3O4/c1-8(20)13-11-5-10(14(16(22)23)19(11)15(13)21)9-6-18(7-9)12-3-2-4-17-12/h8-9,11,13,20H,2-7H2,1H3,(H,22,23)/t8-,11-,13-/m1/s1. The summed E-state index contributed by atoms with van der Waals surface area (Å²) in [4.78, 5) is 31.9. The number of carbonyl (C=O) groups is 2. The minimum absolute atomic E-state index is 0.162. The SMILES string of the molecule is C[C@@H](O)[C@H]1C(=O)N2C(C(=O)O)=C(C3CN(C4=NCCC4)C3)C[C@H]12. The normalized spacial score (nSPS) is 31.7. The summed E-state index contributed by atoms with van der Waals surface area (Å²) in [6, 6.07) is -0.179. The van der Waals surface area contributed by atoms with Crippen molar-refractivity contribution in [2.75, 3.05) is 19.6 Å². The number of aliphatic carboxylic acids is 1. The lowest BCUT2D eigenvalue weighted by molar-refractivity contribution is -0.161. The van der Waals surface area contributed by atoms with Gasteiger partial charge < -0.3 is 20.0 Å². The number of hydrogen-bond acceptors (Lipinski definition) is 5.